The van der Waals surface area contributed by atoms with E-state index in [1.807, 2.05) is 0 Å². The highest BCUT2D eigenvalue weighted by Gasteiger charge is 2.47. The van der Waals surface area contributed by atoms with Gasteiger partial charge in [-0.05, 0) is 49.2 Å². The number of carbonyl (C=O) groups excluding carboxylic acids is 3. The van der Waals surface area contributed by atoms with Crippen molar-refractivity contribution in [2.75, 3.05) is 18.0 Å². The number of likely N-dealkylation sites (tertiary alicyclic amines) is 1. The van der Waals surface area contributed by atoms with Gasteiger partial charge in [-0.25, -0.2) is 9.78 Å². The first-order chi connectivity index (χ1) is 18.5. The molecule has 2 unspecified atom stereocenters. The molecule has 0 saturated carbocycles. The standard InChI is InChI=1S/C26H25N7O4S/c1-15(34)32-13-3-4-16(14-32)29-24(35)23-22-21-19(10-12-27-25(21)38-23)33(26(36)30-22)17-6-8-18(9-7-17)37-20-5-2-11-28-31-20/h2,5-12,16,22-23H,3-4,13-14H2,1H3,(H,29,35)(H,30,36)/t16?,22?,23-/m1/s1. The van der Waals surface area contributed by atoms with Crippen LogP contribution in [0, 0.1) is 0 Å². The Morgan fingerprint density at radius 1 is 1.16 bits per heavy atom. The van der Waals surface area contributed by atoms with Crippen molar-refractivity contribution in [3.05, 3.63) is 60.4 Å². The average Bonchev–Trinajstić information content (AvgIpc) is 3.30. The number of pyridine rings is 1. The summed E-state index contributed by atoms with van der Waals surface area (Å²) in [6.45, 7) is 2.75. The second-order valence-electron chi connectivity index (χ2n) is 9.32. The number of benzene rings is 1. The van der Waals surface area contributed by atoms with E-state index in [9.17, 15) is 14.4 Å². The number of rotatable bonds is 5. The van der Waals surface area contributed by atoms with Crippen LogP contribution in [-0.2, 0) is 9.59 Å². The van der Waals surface area contributed by atoms with Crippen molar-refractivity contribution in [2.24, 2.45) is 0 Å². The zero-order valence-electron chi connectivity index (χ0n) is 20.5. The lowest BCUT2D eigenvalue weighted by Gasteiger charge is -2.35. The topological polar surface area (TPSA) is 130 Å². The smallest absolute Gasteiger partial charge is 0.327 e. The normalized spacial score (nSPS) is 21.9. The molecule has 1 saturated heterocycles. The number of urea groups is 1. The molecule has 0 bridgehead atoms. The van der Waals surface area contributed by atoms with E-state index in [1.165, 1.54) is 11.8 Å². The summed E-state index contributed by atoms with van der Waals surface area (Å²) >= 11 is 1.35. The molecule has 0 radical (unpaired) electrons. The van der Waals surface area contributed by atoms with Gasteiger partial charge in [0.15, 0.2) is 0 Å². The van der Waals surface area contributed by atoms with E-state index in [0.29, 0.717) is 41.1 Å². The number of nitrogens with one attached hydrogen (secondary N) is 2. The molecule has 38 heavy (non-hydrogen) atoms. The SMILES string of the molecule is CC(=O)N1CCCC(NC(=O)[C@@H]2Sc3nccc4c3C2NC(=O)N4c2ccc(Oc3cccnn3)cc2)C1. The minimum atomic E-state index is -0.555. The lowest BCUT2D eigenvalue weighted by atomic mass is 9.99. The molecular weight excluding hydrogens is 506 g/mol. The van der Waals surface area contributed by atoms with Crippen LogP contribution in [0.15, 0.2) is 59.9 Å². The summed E-state index contributed by atoms with van der Waals surface area (Å²) in [4.78, 5) is 46.4. The van der Waals surface area contributed by atoms with Gasteiger partial charge in [-0.3, -0.25) is 14.5 Å². The molecule has 0 aliphatic carbocycles. The van der Waals surface area contributed by atoms with Gasteiger partial charge >= 0.3 is 6.03 Å². The minimum Gasteiger partial charge on any atom is -0.438 e. The Kier molecular flexibility index (Phi) is 6.32. The highest BCUT2D eigenvalue weighted by Crippen LogP contribution is 2.50. The van der Waals surface area contributed by atoms with Gasteiger partial charge in [0.2, 0.25) is 17.7 Å². The summed E-state index contributed by atoms with van der Waals surface area (Å²) in [6, 6.07) is 11.4. The Morgan fingerprint density at radius 3 is 2.76 bits per heavy atom. The fourth-order valence-electron chi connectivity index (χ4n) is 5.07. The summed E-state index contributed by atoms with van der Waals surface area (Å²) in [5.74, 6) is 0.768. The first-order valence-corrected chi connectivity index (χ1v) is 13.2. The number of ether oxygens (including phenoxy) is 1. The largest absolute Gasteiger partial charge is 0.438 e. The first-order valence-electron chi connectivity index (χ1n) is 12.4. The number of hydrogen-bond acceptors (Lipinski definition) is 8. The van der Waals surface area contributed by atoms with Crippen LogP contribution in [0.2, 0.25) is 0 Å². The van der Waals surface area contributed by atoms with Crippen molar-refractivity contribution in [1.82, 2.24) is 30.7 Å². The van der Waals surface area contributed by atoms with Crippen LogP contribution in [0.3, 0.4) is 0 Å². The van der Waals surface area contributed by atoms with E-state index in [-0.39, 0.29) is 23.9 Å². The monoisotopic (exact) mass is 531 g/mol. The Bertz CT molecular complexity index is 1390. The minimum absolute atomic E-state index is 0.00779. The van der Waals surface area contributed by atoms with Crippen molar-refractivity contribution < 1.29 is 19.1 Å². The molecule has 2 aromatic heterocycles. The van der Waals surface area contributed by atoms with Crippen molar-refractivity contribution in [3.8, 4) is 11.6 Å². The van der Waals surface area contributed by atoms with E-state index < -0.39 is 11.3 Å². The summed E-state index contributed by atoms with van der Waals surface area (Å²) < 4.78 is 5.71. The molecule has 3 aliphatic rings. The van der Waals surface area contributed by atoms with Crippen LogP contribution in [0.4, 0.5) is 16.2 Å². The first kappa shape index (κ1) is 24.2. The molecule has 0 spiro atoms. The van der Waals surface area contributed by atoms with Gasteiger partial charge in [0.1, 0.15) is 16.0 Å². The van der Waals surface area contributed by atoms with Crippen LogP contribution < -0.4 is 20.3 Å². The molecule has 1 aromatic carbocycles. The van der Waals surface area contributed by atoms with Crippen molar-refractivity contribution in [2.45, 2.75) is 42.1 Å². The van der Waals surface area contributed by atoms with Gasteiger partial charge in [0.25, 0.3) is 0 Å². The summed E-state index contributed by atoms with van der Waals surface area (Å²) in [7, 11) is 0. The molecule has 12 heteroatoms. The zero-order chi connectivity index (χ0) is 26.2. The van der Waals surface area contributed by atoms with Crippen molar-refractivity contribution >= 4 is 41.0 Å². The lowest BCUT2D eigenvalue weighted by molar-refractivity contribution is -0.131. The Balaban J connectivity index is 1.21. The summed E-state index contributed by atoms with van der Waals surface area (Å²) in [6.07, 6.45) is 4.87. The van der Waals surface area contributed by atoms with Gasteiger partial charge in [-0.1, -0.05) is 11.8 Å². The highest BCUT2D eigenvalue weighted by molar-refractivity contribution is 8.01. The van der Waals surface area contributed by atoms with Crippen LogP contribution in [0.5, 0.6) is 11.6 Å². The summed E-state index contributed by atoms with van der Waals surface area (Å²) in [5.41, 5.74) is 2.16. The maximum absolute atomic E-state index is 13.4. The van der Waals surface area contributed by atoms with Crippen LogP contribution >= 0.6 is 11.8 Å². The van der Waals surface area contributed by atoms with E-state index in [0.717, 1.165) is 18.4 Å². The van der Waals surface area contributed by atoms with Crippen LogP contribution in [0.1, 0.15) is 31.4 Å². The second-order valence-corrected chi connectivity index (χ2v) is 10.5. The number of nitrogens with zero attached hydrogens (tertiary/aromatic N) is 5. The van der Waals surface area contributed by atoms with E-state index in [4.69, 9.17) is 4.74 Å². The quantitative estimate of drug-likeness (QED) is 0.514. The average molecular weight is 532 g/mol. The van der Waals surface area contributed by atoms with E-state index in [1.54, 1.807) is 71.6 Å². The highest BCUT2D eigenvalue weighted by atomic mass is 32.2. The third kappa shape index (κ3) is 4.51. The molecule has 3 atom stereocenters. The van der Waals surface area contributed by atoms with Crippen LogP contribution in [0.25, 0.3) is 0 Å². The maximum atomic E-state index is 13.4. The van der Waals surface area contributed by atoms with Gasteiger partial charge < -0.3 is 20.3 Å². The number of hydrogen-bond donors (Lipinski definition) is 2. The Labute approximate surface area is 223 Å². The van der Waals surface area contributed by atoms with Gasteiger partial charge in [0.05, 0.1) is 17.4 Å². The predicted octanol–water partition coefficient (Wildman–Crippen LogP) is 3.17. The van der Waals surface area contributed by atoms with Gasteiger partial charge in [0, 0.05) is 50.1 Å². The summed E-state index contributed by atoms with van der Waals surface area (Å²) in [5, 5.41) is 14.0. The molecule has 6 rings (SSSR count). The molecule has 5 heterocycles. The zero-order valence-corrected chi connectivity index (χ0v) is 21.4. The fourth-order valence-corrected chi connectivity index (χ4v) is 6.31. The number of anilines is 2. The molecule has 3 aliphatic heterocycles. The van der Waals surface area contributed by atoms with Gasteiger partial charge in [-0.2, -0.15) is 5.10 Å². The number of piperidine rings is 1. The van der Waals surface area contributed by atoms with Crippen molar-refractivity contribution in [3.63, 3.8) is 0 Å². The third-order valence-electron chi connectivity index (χ3n) is 6.84. The fraction of sp³-hybridized carbons (Fsp3) is 0.308. The molecule has 11 nitrogen and oxygen atoms in total. The van der Waals surface area contributed by atoms with Gasteiger partial charge in [-0.15, -0.1) is 5.10 Å². The lowest BCUT2D eigenvalue weighted by Crippen LogP contribution is -2.53. The molecule has 4 amide bonds. The van der Waals surface area contributed by atoms with E-state index >= 15 is 0 Å². The number of thioether (sulfide) groups is 1. The molecule has 2 N–H and O–H groups in total. The molecular formula is C26H25N7O4S. The molecule has 1 fully saturated rings. The Morgan fingerprint density at radius 2 is 2.00 bits per heavy atom. The third-order valence-corrected chi connectivity index (χ3v) is 8.13. The van der Waals surface area contributed by atoms with Crippen LogP contribution in [-0.4, -0.2) is 62.3 Å². The second kappa shape index (κ2) is 9.93. The Hall–Kier alpha value is -4.19. The predicted molar refractivity (Wildman–Crippen MR) is 139 cm³/mol. The van der Waals surface area contributed by atoms with E-state index in [2.05, 4.69) is 25.8 Å². The molecule has 194 valence electrons. The number of aromatic nitrogens is 3. The van der Waals surface area contributed by atoms with Crippen molar-refractivity contribution in [1.29, 1.82) is 0 Å². The molecule has 3 aromatic rings. The maximum Gasteiger partial charge on any atom is 0.327 e. The number of carbonyl (C=O) groups is 3. The number of amides is 4.